The predicted octanol–water partition coefficient (Wildman–Crippen LogP) is 2.08. The molecule has 0 aromatic carbocycles. The average molecular weight is 308 g/mol. The minimum Gasteiger partial charge on any atom is -0.396 e. The molecule has 0 aromatic heterocycles. The lowest BCUT2D eigenvalue weighted by Crippen LogP contribution is -2.24. The van der Waals surface area contributed by atoms with E-state index in [-0.39, 0.29) is 12.5 Å². The summed E-state index contributed by atoms with van der Waals surface area (Å²) < 4.78 is 23.6. The molecule has 20 heavy (non-hydrogen) atoms. The zero-order valence-corrected chi connectivity index (χ0v) is 14.4. The molecule has 0 saturated carbocycles. The Hall–Kier alpha value is -0.130. The first-order valence-electron chi connectivity index (χ1n) is 7.78. The van der Waals surface area contributed by atoms with E-state index in [2.05, 4.69) is 19.2 Å². The van der Waals surface area contributed by atoms with Crippen LogP contribution >= 0.6 is 0 Å². The van der Waals surface area contributed by atoms with Gasteiger partial charge in [0.05, 0.1) is 11.5 Å². The van der Waals surface area contributed by atoms with E-state index in [1.807, 2.05) is 13.8 Å². The summed E-state index contributed by atoms with van der Waals surface area (Å²) in [6, 6.07) is 0. The molecular formula is C15H33NO3S. The van der Waals surface area contributed by atoms with Gasteiger partial charge in [0, 0.05) is 6.61 Å². The van der Waals surface area contributed by atoms with E-state index in [1.165, 1.54) is 0 Å². The number of rotatable bonds is 12. The van der Waals surface area contributed by atoms with Gasteiger partial charge in [-0.15, -0.1) is 0 Å². The van der Waals surface area contributed by atoms with Crippen molar-refractivity contribution >= 4 is 9.84 Å². The van der Waals surface area contributed by atoms with E-state index < -0.39 is 9.84 Å². The molecule has 0 aliphatic carbocycles. The molecule has 0 rings (SSSR count). The standard InChI is InChI=1S/C15H33NO3S/c1-13(2)12-20(18,19)10-7-14(3)5-8-16-11-15(4)6-9-17/h13-17H,5-12H2,1-4H3. The van der Waals surface area contributed by atoms with Crippen molar-refractivity contribution in [2.75, 3.05) is 31.2 Å². The predicted molar refractivity (Wildman–Crippen MR) is 85.6 cm³/mol. The second-order valence-corrected chi connectivity index (χ2v) is 8.74. The molecule has 0 fully saturated rings. The maximum Gasteiger partial charge on any atom is 0.150 e. The van der Waals surface area contributed by atoms with Crippen molar-refractivity contribution in [1.29, 1.82) is 0 Å². The first-order valence-corrected chi connectivity index (χ1v) is 9.61. The normalized spacial score (nSPS) is 15.5. The van der Waals surface area contributed by atoms with Crippen molar-refractivity contribution in [3.8, 4) is 0 Å². The van der Waals surface area contributed by atoms with Crippen LogP contribution in [-0.4, -0.2) is 44.7 Å². The number of aliphatic hydroxyl groups excluding tert-OH is 1. The van der Waals surface area contributed by atoms with Crippen LogP contribution in [0.4, 0.5) is 0 Å². The summed E-state index contributed by atoms with van der Waals surface area (Å²) in [5.41, 5.74) is 0. The van der Waals surface area contributed by atoms with Crippen LogP contribution in [0.25, 0.3) is 0 Å². The van der Waals surface area contributed by atoms with Gasteiger partial charge in [0.2, 0.25) is 0 Å². The molecule has 122 valence electrons. The molecule has 0 heterocycles. The summed E-state index contributed by atoms with van der Waals surface area (Å²) in [5, 5.41) is 12.2. The molecule has 2 unspecified atom stereocenters. The lowest BCUT2D eigenvalue weighted by atomic mass is 10.0. The SMILES string of the molecule is CC(C)CS(=O)(=O)CCC(C)CCNCC(C)CCO. The summed E-state index contributed by atoms with van der Waals surface area (Å²) in [4.78, 5) is 0. The van der Waals surface area contributed by atoms with Crippen LogP contribution in [0.1, 0.15) is 47.0 Å². The first kappa shape index (κ1) is 19.9. The minimum absolute atomic E-state index is 0.213. The fraction of sp³-hybridized carbons (Fsp3) is 1.00. The van der Waals surface area contributed by atoms with Gasteiger partial charge in [-0.1, -0.05) is 27.7 Å². The van der Waals surface area contributed by atoms with Crippen molar-refractivity contribution in [1.82, 2.24) is 5.32 Å². The molecule has 0 aliphatic heterocycles. The highest BCUT2D eigenvalue weighted by Crippen LogP contribution is 2.11. The highest BCUT2D eigenvalue weighted by atomic mass is 32.2. The van der Waals surface area contributed by atoms with Gasteiger partial charge in [0.25, 0.3) is 0 Å². The van der Waals surface area contributed by atoms with Crippen molar-refractivity contribution in [2.24, 2.45) is 17.8 Å². The third kappa shape index (κ3) is 11.7. The third-order valence-electron chi connectivity index (χ3n) is 3.44. The van der Waals surface area contributed by atoms with Crippen molar-refractivity contribution in [2.45, 2.75) is 47.0 Å². The fourth-order valence-corrected chi connectivity index (χ4v) is 4.08. The Bertz CT molecular complexity index is 328. The Morgan fingerprint density at radius 2 is 1.65 bits per heavy atom. The van der Waals surface area contributed by atoms with E-state index in [0.717, 1.165) is 32.4 Å². The summed E-state index contributed by atoms with van der Waals surface area (Å²) in [7, 11) is -2.88. The molecule has 0 bridgehead atoms. The number of sulfone groups is 1. The molecule has 4 nitrogen and oxygen atoms in total. The van der Waals surface area contributed by atoms with E-state index in [9.17, 15) is 8.42 Å². The Balaban J connectivity index is 3.71. The van der Waals surface area contributed by atoms with Crippen molar-refractivity contribution in [3.05, 3.63) is 0 Å². The fourth-order valence-electron chi connectivity index (χ4n) is 2.14. The van der Waals surface area contributed by atoms with Gasteiger partial charge in [-0.2, -0.15) is 0 Å². The zero-order chi connectivity index (χ0) is 15.6. The lowest BCUT2D eigenvalue weighted by molar-refractivity contribution is 0.259. The van der Waals surface area contributed by atoms with E-state index >= 15 is 0 Å². The van der Waals surface area contributed by atoms with Crippen LogP contribution in [-0.2, 0) is 9.84 Å². The molecule has 0 radical (unpaired) electrons. The van der Waals surface area contributed by atoms with Crippen LogP contribution in [0.3, 0.4) is 0 Å². The molecule has 0 aromatic rings. The molecule has 0 spiro atoms. The van der Waals surface area contributed by atoms with Crippen LogP contribution in [0.5, 0.6) is 0 Å². The maximum absolute atomic E-state index is 11.8. The smallest absolute Gasteiger partial charge is 0.150 e. The second kappa shape index (κ2) is 10.6. The highest BCUT2D eigenvalue weighted by molar-refractivity contribution is 7.91. The molecule has 2 N–H and O–H groups in total. The van der Waals surface area contributed by atoms with Crippen molar-refractivity contribution < 1.29 is 13.5 Å². The number of hydrogen-bond donors (Lipinski definition) is 2. The largest absolute Gasteiger partial charge is 0.396 e. The zero-order valence-electron chi connectivity index (χ0n) is 13.6. The van der Waals surface area contributed by atoms with Gasteiger partial charge in [-0.25, -0.2) is 8.42 Å². The first-order chi connectivity index (χ1) is 9.26. The van der Waals surface area contributed by atoms with Crippen LogP contribution in [0, 0.1) is 17.8 Å². The quantitative estimate of drug-likeness (QED) is 0.542. The summed E-state index contributed by atoms with van der Waals surface area (Å²) >= 11 is 0. The average Bonchev–Trinajstić information content (AvgIpc) is 2.31. The summed E-state index contributed by atoms with van der Waals surface area (Å²) in [5.74, 6) is 1.74. The van der Waals surface area contributed by atoms with Crippen LogP contribution in [0.2, 0.25) is 0 Å². The van der Waals surface area contributed by atoms with Crippen LogP contribution < -0.4 is 5.32 Å². The Morgan fingerprint density at radius 3 is 2.20 bits per heavy atom. The molecular weight excluding hydrogens is 274 g/mol. The Kier molecular flexibility index (Phi) is 10.5. The van der Waals surface area contributed by atoms with Crippen LogP contribution in [0.15, 0.2) is 0 Å². The number of hydrogen-bond acceptors (Lipinski definition) is 4. The summed E-state index contributed by atoms with van der Waals surface area (Å²) in [6.07, 6.45) is 2.59. The molecule has 0 aliphatic rings. The molecule has 0 amide bonds. The van der Waals surface area contributed by atoms with Gasteiger partial charge in [-0.05, 0) is 50.1 Å². The molecule has 0 saturated heterocycles. The maximum atomic E-state index is 11.8. The van der Waals surface area contributed by atoms with Gasteiger partial charge in [0.1, 0.15) is 0 Å². The van der Waals surface area contributed by atoms with Crippen molar-refractivity contribution in [3.63, 3.8) is 0 Å². The summed E-state index contributed by atoms with van der Waals surface area (Å²) in [6.45, 7) is 10.2. The van der Waals surface area contributed by atoms with Gasteiger partial charge < -0.3 is 10.4 Å². The monoisotopic (exact) mass is 307 g/mol. The van der Waals surface area contributed by atoms with E-state index in [0.29, 0.717) is 23.3 Å². The van der Waals surface area contributed by atoms with Gasteiger partial charge >= 0.3 is 0 Å². The number of aliphatic hydroxyl groups is 1. The third-order valence-corrected chi connectivity index (χ3v) is 5.47. The number of nitrogens with one attached hydrogen (secondary N) is 1. The lowest BCUT2D eigenvalue weighted by Gasteiger charge is -2.15. The van der Waals surface area contributed by atoms with E-state index in [1.54, 1.807) is 0 Å². The van der Waals surface area contributed by atoms with Gasteiger partial charge in [0.15, 0.2) is 9.84 Å². The van der Waals surface area contributed by atoms with E-state index in [4.69, 9.17) is 5.11 Å². The highest BCUT2D eigenvalue weighted by Gasteiger charge is 2.14. The minimum atomic E-state index is -2.88. The Morgan fingerprint density at radius 1 is 1.00 bits per heavy atom. The molecule has 2 atom stereocenters. The topological polar surface area (TPSA) is 66.4 Å². The second-order valence-electron chi connectivity index (χ2n) is 6.51. The Labute approximate surface area is 125 Å². The molecule has 5 heteroatoms. The van der Waals surface area contributed by atoms with Gasteiger partial charge in [-0.3, -0.25) is 0 Å².